The second kappa shape index (κ2) is 6.84. The molecule has 0 aliphatic heterocycles. The third-order valence-electron chi connectivity index (χ3n) is 3.13. The van der Waals surface area contributed by atoms with E-state index < -0.39 is 10.0 Å². The molecule has 0 radical (unpaired) electrons. The molecule has 0 spiro atoms. The van der Waals surface area contributed by atoms with E-state index >= 15 is 0 Å². The van der Waals surface area contributed by atoms with E-state index in [1.54, 1.807) is 30.3 Å². The number of aromatic nitrogens is 3. The van der Waals surface area contributed by atoms with Crippen LogP contribution in [0.4, 0.5) is 5.95 Å². The third-order valence-corrected chi connectivity index (χ3v) is 5.89. The summed E-state index contributed by atoms with van der Waals surface area (Å²) in [7, 11) is -3.85. The molecular weight excluding hydrogens is 368 g/mol. The molecule has 2 aromatic carbocycles. The molecule has 0 saturated heterocycles. The molecule has 9 heteroatoms. The normalized spacial score (nSPS) is 11.5. The summed E-state index contributed by atoms with van der Waals surface area (Å²) in [5.41, 5.74) is 6.75. The Morgan fingerprint density at radius 1 is 1.08 bits per heavy atom. The Morgan fingerprint density at radius 2 is 1.75 bits per heavy atom. The van der Waals surface area contributed by atoms with E-state index in [4.69, 9.17) is 17.3 Å². The molecule has 0 unspecified atom stereocenters. The predicted octanol–water partition coefficient (Wildman–Crippen LogP) is 3.04. The van der Waals surface area contributed by atoms with Gasteiger partial charge in [0, 0.05) is 10.8 Å². The average Bonchev–Trinajstić information content (AvgIpc) is 2.97. The molecule has 0 bridgehead atoms. The fourth-order valence-corrected chi connectivity index (χ4v) is 4.09. The largest absolute Gasteiger partial charge is 0.367 e. The number of nitrogens with two attached hydrogens (primary N) is 1. The Balaban J connectivity index is 1.81. The van der Waals surface area contributed by atoms with E-state index in [9.17, 15) is 8.42 Å². The summed E-state index contributed by atoms with van der Waals surface area (Å²) in [5.74, 6) is 0.406. The minimum Gasteiger partial charge on any atom is -0.367 e. The van der Waals surface area contributed by atoms with Crippen LogP contribution < -0.4 is 5.73 Å². The van der Waals surface area contributed by atoms with Crippen LogP contribution in [0.1, 0.15) is 5.56 Å². The molecule has 2 N–H and O–H groups in total. The minimum absolute atomic E-state index is 0.107. The van der Waals surface area contributed by atoms with Gasteiger partial charge in [0.25, 0.3) is 10.0 Å². The van der Waals surface area contributed by atoms with Crippen molar-refractivity contribution in [2.75, 3.05) is 5.73 Å². The number of thioether (sulfide) groups is 1. The van der Waals surface area contributed by atoms with Crippen LogP contribution in [-0.4, -0.2) is 22.6 Å². The fraction of sp³-hybridized carbons (Fsp3) is 0.0667. The zero-order valence-electron chi connectivity index (χ0n) is 12.3. The summed E-state index contributed by atoms with van der Waals surface area (Å²) in [4.78, 5) is 4.13. The number of anilines is 1. The van der Waals surface area contributed by atoms with Crippen molar-refractivity contribution < 1.29 is 8.42 Å². The topological polar surface area (TPSA) is 90.9 Å². The Kier molecular flexibility index (Phi) is 4.79. The molecular formula is C15H13ClN4O2S2. The van der Waals surface area contributed by atoms with Crippen molar-refractivity contribution in [1.29, 1.82) is 0 Å². The van der Waals surface area contributed by atoms with Crippen molar-refractivity contribution in [3.8, 4) is 0 Å². The maximum absolute atomic E-state index is 12.5. The van der Waals surface area contributed by atoms with E-state index in [2.05, 4.69) is 10.1 Å². The highest BCUT2D eigenvalue weighted by atomic mass is 35.5. The molecule has 1 aromatic heterocycles. The number of rotatable bonds is 5. The molecule has 6 nitrogen and oxygen atoms in total. The van der Waals surface area contributed by atoms with Crippen molar-refractivity contribution in [3.63, 3.8) is 0 Å². The van der Waals surface area contributed by atoms with Gasteiger partial charge in [-0.15, -0.1) is 9.19 Å². The number of hydrogen-bond acceptors (Lipinski definition) is 6. The first-order chi connectivity index (χ1) is 11.5. The van der Waals surface area contributed by atoms with Crippen LogP contribution in [0.5, 0.6) is 0 Å². The zero-order valence-corrected chi connectivity index (χ0v) is 14.7. The van der Waals surface area contributed by atoms with Crippen LogP contribution in [0.3, 0.4) is 0 Å². The SMILES string of the molecule is Nc1nc(SCc2ccc(Cl)cc2)nn1S(=O)(=O)c1ccccc1. The molecule has 0 fully saturated rings. The van der Waals surface area contributed by atoms with Gasteiger partial charge in [-0.2, -0.15) is 13.4 Å². The van der Waals surface area contributed by atoms with Crippen molar-refractivity contribution >= 4 is 39.3 Å². The molecule has 124 valence electrons. The van der Waals surface area contributed by atoms with Gasteiger partial charge in [-0.1, -0.05) is 53.7 Å². The lowest BCUT2D eigenvalue weighted by Crippen LogP contribution is -2.17. The number of nitrogen functional groups attached to an aromatic ring is 1. The molecule has 1 heterocycles. The highest BCUT2D eigenvalue weighted by Crippen LogP contribution is 2.23. The van der Waals surface area contributed by atoms with Gasteiger partial charge in [0.05, 0.1) is 4.90 Å². The zero-order chi connectivity index (χ0) is 17.2. The second-order valence-electron chi connectivity index (χ2n) is 4.83. The Labute approximate surface area is 148 Å². The maximum Gasteiger partial charge on any atom is 0.286 e. The number of hydrogen-bond donors (Lipinski definition) is 1. The smallest absolute Gasteiger partial charge is 0.286 e. The molecule has 0 aliphatic rings. The summed E-state index contributed by atoms with van der Waals surface area (Å²) in [6, 6.07) is 15.3. The second-order valence-corrected chi connectivity index (χ2v) is 7.98. The van der Waals surface area contributed by atoms with Gasteiger partial charge >= 0.3 is 0 Å². The third kappa shape index (κ3) is 3.55. The molecule has 0 saturated carbocycles. The van der Waals surface area contributed by atoms with Crippen LogP contribution in [0.2, 0.25) is 5.02 Å². The van der Waals surface area contributed by atoms with Crippen LogP contribution in [0.15, 0.2) is 64.6 Å². The van der Waals surface area contributed by atoms with Gasteiger partial charge in [0.1, 0.15) is 0 Å². The minimum atomic E-state index is -3.85. The van der Waals surface area contributed by atoms with Gasteiger partial charge < -0.3 is 5.73 Å². The van der Waals surface area contributed by atoms with Crippen molar-refractivity contribution in [2.24, 2.45) is 0 Å². The first kappa shape index (κ1) is 16.8. The van der Waals surface area contributed by atoms with Crippen LogP contribution >= 0.6 is 23.4 Å². The van der Waals surface area contributed by atoms with E-state index in [1.807, 2.05) is 12.1 Å². The van der Waals surface area contributed by atoms with E-state index in [1.165, 1.54) is 23.9 Å². The van der Waals surface area contributed by atoms with Gasteiger partial charge in [0.2, 0.25) is 11.1 Å². The van der Waals surface area contributed by atoms with Crippen molar-refractivity contribution in [1.82, 2.24) is 14.2 Å². The molecule has 0 amide bonds. The standard InChI is InChI=1S/C15H13ClN4O2S2/c16-12-8-6-11(7-9-12)10-23-15-18-14(17)20(19-15)24(21,22)13-4-2-1-3-5-13/h1-9H,10H2,(H2,17,18,19). The number of benzene rings is 2. The summed E-state index contributed by atoms with van der Waals surface area (Å²) >= 11 is 7.14. The molecule has 0 aliphatic carbocycles. The first-order valence-corrected chi connectivity index (χ1v) is 9.67. The monoisotopic (exact) mass is 380 g/mol. The summed E-state index contributed by atoms with van der Waals surface area (Å²) < 4.78 is 25.8. The van der Waals surface area contributed by atoms with Gasteiger partial charge in [-0.3, -0.25) is 0 Å². The van der Waals surface area contributed by atoms with Gasteiger partial charge in [0.15, 0.2) is 0 Å². The molecule has 3 rings (SSSR count). The van der Waals surface area contributed by atoms with Crippen molar-refractivity contribution in [3.05, 3.63) is 65.2 Å². The fourth-order valence-electron chi connectivity index (χ4n) is 1.95. The maximum atomic E-state index is 12.5. The van der Waals surface area contributed by atoms with Crippen molar-refractivity contribution in [2.45, 2.75) is 15.8 Å². The Morgan fingerprint density at radius 3 is 2.42 bits per heavy atom. The average molecular weight is 381 g/mol. The highest BCUT2D eigenvalue weighted by Gasteiger charge is 2.22. The summed E-state index contributed by atoms with van der Waals surface area (Å²) in [6.07, 6.45) is 0. The van der Waals surface area contributed by atoms with Crippen LogP contribution in [0, 0.1) is 0 Å². The first-order valence-electron chi connectivity index (χ1n) is 6.87. The van der Waals surface area contributed by atoms with E-state index in [0.717, 1.165) is 9.65 Å². The summed E-state index contributed by atoms with van der Waals surface area (Å²) in [6.45, 7) is 0. The molecule has 0 atom stereocenters. The summed E-state index contributed by atoms with van der Waals surface area (Å²) in [5, 5.41) is 4.97. The number of nitrogens with zero attached hydrogens (tertiary/aromatic N) is 3. The molecule has 24 heavy (non-hydrogen) atoms. The Bertz CT molecular complexity index is 941. The van der Waals surface area contributed by atoms with E-state index in [-0.39, 0.29) is 10.8 Å². The van der Waals surface area contributed by atoms with Crippen LogP contribution in [0.25, 0.3) is 0 Å². The lowest BCUT2D eigenvalue weighted by Gasteiger charge is -2.04. The van der Waals surface area contributed by atoms with Crippen LogP contribution in [-0.2, 0) is 15.8 Å². The highest BCUT2D eigenvalue weighted by molar-refractivity contribution is 7.98. The van der Waals surface area contributed by atoms with Gasteiger partial charge in [-0.05, 0) is 29.8 Å². The Hall–Kier alpha value is -2.03. The molecule has 3 aromatic rings. The predicted molar refractivity (Wildman–Crippen MR) is 94.5 cm³/mol. The van der Waals surface area contributed by atoms with E-state index in [0.29, 0.717) is 15.9 Å². The lowest BCUT2D eigenvalue weighted by molar-refractivity contribution is 0.579. The number of halogens is 1. The van der Waals surface area contributed by atoms with Gasteiger partial charge in [-0.25, -0.2) is 0 Å². The lowest BCUT2D eigenvalue weighted by atomic mass is 10.2. The quantitative estimate of drug-likeness (QED) is 0.684.